The normalized spacial score (nSPS) is 19.7. The number of esters is 1. The third-order valence-corrected chi connectivity index (χ3v) is 3.13. The Balaban J connectivity index is 2.36. The van der Waals surface area contributed by atoms with Crippen molar-refractivity contribution in [3.63, 3.8) is 0 Å². The van der Waals surface area contributed by atoms with Gasteiger partial charge in [0.05, 0.1) is 6.61 Å². The van der Waals surface area contributed by atoms with Gasteiger partial charge in [-0.1, -0.05) is 12.8 Å². The molecule has 1 aliphatic rings. The predicted octanol–water partition coefficient (Wildman–Crippen LogP) is 0.716. The summed E-state index contributed by atoms with van der Waals surface area (Å²) in [5.41, 5.74) is 5.72. The van der Waals surface area contributed by atoms with Gasteiger partial charge in [-0.2, -0.15) is 0 Å². The highest BCUT2D eigenvalue weighted by Crippen LogP contribution is 2.29. The summed E-state index contributed by atoms with van der Waals surface area (Å²) < 4.78 is 4.81. The fourth-order valence-electron chi connectivity index (χ4n) is 2.19. The number of carbonyl (C=O) groups is 2. The van der Waals surface area contributed by atoms with Crippen LogP contribution in [-0.2, 0) is 14.3 Å². The molecular formula is C12H22N2O3. The number of carbonyl (C=O) groups excluding carboxylic acids is 2. The van der Waals surface area contributed by atoms with Crippen LogP contribution in [0, 0.1) is 0 Å². The second-order valence-electron chi connectivity index (χ2n) is 4.79. The maximum atomic E-state index is 11.7. The van der Waals surface area contributed by atoms with E-state index in [2.05, 4.69) is 5.32 Å². The van der Waals surface area contributed by atoms with E-state index in [1.54, 1.807) is 13.8 Å². The average molecular weight is 242 g/mol. The minimum Gasteiger partial charge on any atom is -0.464 e. The molecule has 0 aromatic carbocycles. The molecule has 1 fully saturated rings. The van der Waals surface area contributed by atoms with Crippen LogP contribution in [0.25, 0.3) is 0 Å². The highest BCUT2D eigenvalue weighted by atomic mass is 16.5. The first-order valence-electron chi connectivity index (χ1n) is 6.22. The van der Waals surface area contributed by atoms with Crippen molar-refractivity contribution in [2.45, 2.75) is 57.5 Å². The Morgan fingerprint density at radius 3 is 2.53 bits per heavy atom. The van der Waals surface area contributed by atoms with Gasteiger partial charge >= 0.3 is 5.97 Å². The van der Waals surface area contributed by atoms with Gasteiger partial charge in [0.15, 0.2) is 0 Å². The van der Waals surface area contributed by atoms with E-state index in [4.69, 9.17) is 10.5 Å². The molecule has 1 amide bonds. The maximum absolute atomic E-state index is 11.7. The Bertz CT molecular complexity index is 285. The second kappa shape index (κ2) is 6.00. The molecule has 98 valence electrons. The lowest BCUT2D eigenvalue weighted by Gasteiger charge is -2.23. The molecule has 5 heteroatoms. The van der Waals surface area contributed by atoms with Crippen LogP contribution >= 0.6 is 0 Å². The highest BCUT2D eigenvalue weighted by Gasteiger charge is 2.32. The third-order valence-electron chi connectivity index (χ3n) is 3.13. The summed E-state index contributed by atoms with van der Waals surface area (Å²) in [6.07, 6.45) is 4.22. The zero-order valence-electron chi connectivity index (χ0n) is 10.6. The van der Waals surface area contributed by atoms with Gasteiger partial charge in [0.2, 0.25) is 5.91 Å². The van der Waals surface area contributed by atoms with Crippen LogP contribution in [0.15, 0.2) is 0 Å². The van der Waals surface area contributed by atoms with Crippen LogP contribution in [-0.4, -0.2) is 30.1 Å². The molecule has 0 radical (unpaired) electrons. The van der Waals surface area contributed by atoms with Crippen LogP contribution in [0.5, 0.6) is 0 Å². The standard InChI is InChI=1S/C12H22N2O3/c1-3-17-11(16)9(2)14-10(15)8-12(13)6-4-5-7-12/h9H,3-8,13H2,1-2H3,(H,14,15). The second-order valence-corrected chi connectivity index (χ2v) is 4.79. The van der Waals surface area contributed by atoms with Crippen LogP contribution in [0.2, 0.25) is 0 Å². The molecule has 3 N–H and O–H groups in total. The van der Waals surface area contributed by atoms with Crippen molar-refractivity contribution >= 4 is 11.9 Å². The summed E-state index contributed by atoms with van der Waals surface area (Å²) in [5, 5.41) is 2.62. The molecule has 0 bridgehead atoms. The molecule has 0 heterocycles. The predicted molar refractivity (Wildman–Crippen MR) is 64.2 cm³/mol. The van der Waals surface area contributed by atoms with Gasteiger partial charge in [0, 0.05) is 12.0 Å². The summed E-state index contributed by atoms with van der Waals surface area (Å²) in [7, 11) is 0. The van der Waals surface area contributed by atoms with Crippen molar-refractivity contribution < 1.29 is 14.3 Å². The van der Waals surface area contributed by atoms with Gasteiger partial charge in [-0.3, -0.25) is 4.79 Å². The Labute approximate surface area is 102 Å². The monoisotopic (exact) mass is 242 g/mol. The number of hydrogen-bond acceptors (Lipinski definition) is 4. The number of hydrogen-bond donors (Lipinski definition) is 2. The first kappa shape index (κ1) is 14.0. The van der Waals surface area contributed by atoms with Crippen molar-refractivity contribution in [2.75, 3.05) is 6.61 Å². The zero-order chi connectivity index (χ0) is 12.9. The fourth-order valence-corrected chi connectivity index (χ4v) is 2.19. The van der Waals surface area contributed by atoms with Crippen LogP contribution < -0.4 is 11.1 Å². The van der Waals surface area contributed by atoms with Crippen LogP contribution in [0.4, 0.5) is 0 Å². The smallest absolute Gasteiger partial charge is 0.328 e. The molecule has 0 aromatic rings. The van der Waals surface area contributed by atoms with Gasteiger partial charge in [-0.05, 0) is 26.7 Å². The summed E-state index contributed by atoms with van der Waals surface area (Å²) in [6, 6.07) is -0.604. The zero-order valence-corrected chi connectivity index (χ0v) is 10.6. The lowest BCUT2D eigenvalue weighted by atomic mass is 9.94. The van der Waals surface area contributed by atoms with E-state index < -0.39 is 12.0 Å². The number of ether oxygens (including phenoxy) is 1. The molecular weight excluding hydrogens is 220 g/mol. The summed E-state index contributed by atoms with van der Waals surface area (Å²) in [4.78, 5) is 23.1. The quantitative estimate of drug-likeness (QED) is 0.696. The van der Waals surface area contributed by atoms with Gasteiger partial charge in [-0.15, -0.1) is 0 Å². The number of amides is 1. The summed E-state index contributed by atoms with van der Waals surface area (Å²) >= 11 is 0. The van der Waals surface area contributed by atoms with Crippen LogP contribution in [0.1, 0.15) is 46.0 Å². The molecule has 0 aliphatic heterocycles. The Morgan fingerprint density at radius 1 is 1.41 bits per heavy atom. The summed E-state index contributed by atoms with van der Waals surface area (Å²) in [6.45, 7) is 3.67. The summed E-state index contributed by atoms with van der Waals surface area (Å²) in [5.74, 6) is -0.576. The van der Waals surface area contributed by atoms with E-state index in [1.165, 1.54) is 0 Å². The minimum absolute atomic E-state index is 0.171. The van der Waals surface area contributed by atoms with Crippen molar-refractivity contribution in [3.8, 4) is 0 Å². The van der Waals surface area contributed by atoms with Gasteiger partial charge in [0.1, 0.15) is 6.04 Å². The number of nitrogens with two attached hydrogens (primary N) is 1. The first-order valence-corrected chi connectivity index (χ1v) is 6.22. The third kappa shape index (κ3) is 4.34. The van der Waals surface area contributed by atoms with Crippen LogP contribution in [0.3, 0.4) is 0 Å². The average Bonchev–Trinajstić information content (AvgIpc) is 2.64. The topological polar surface area (TPSA) is 81.4 Å². The largest absolute Gasteiger partial charge is 0.464 e. The van der Waals surface area contributed by atoms with Gasteiger partial charge in [-0.25, -0.2) is 4.79 Å². The van der Waals surface area contributed by atoms with E-state index >= 15 is 0 Å². The van der Waals surface area contributed by atoms with Crippen molar-refractivity contribution in [1.82, 2.24) is 5.32 Å². The van der Waals surface area contributed by atoms with Crippen molar-refractivity contribution in [1.29, 1.82) is 0 Å². The molecule has 1 rings (SSSR count). The molecule has 0 spiro atoms. The molecule has 0 aromatic heterocycles. The van der Waals surface area contributed by atoms with Crippen molar-refractivity contribution in [2.24, 2.45) is 5.73 Å². The van der Waals surface area contributed by atoms with E-state index in [0.29, 0.717) is 6.61 Å². The lowest BCUT2D eigenvalue weighted by Crippen LogP contribution is -2.46. The number of nitrogens with one attached hydrogen (secondary N) is 1. The fraction of sp³-hybridized carbons (Fsp3) is 0.833. The molecule has 1 atom stereocenters. The van der Waals surface area contributed by atoms with E-state index in [9.17, 15) is 9.59 Å². The molecule has 5 nitrogen and oxygen atoms in total. The van der Waals surface area contributed by atoms with E-state index in [1.807, 2.05) is 0 Å². The van der Waals surface area contributed by atoms with E-state index in [0.717, 1.165) is 25.7 Å². The SMILES string of the molecule is CCOC(=O)C(C)NC(=O)CC1(N)CCCC1. The minimum atomic E-state index is -0.604. The Hall–Kier alpha value is -1.10. The molecule has 17 heavy (non-hydrogen) atoms. The van der Waals surface area contributed by atoms with Gasteiger partial charge < -0.3 is 15.8 Å². The molecule has 1 saturated carbocycles. The Kier molecular flexibility index (Phi) is 4.93. The van der Waals surface area contributed by atoms with Gasteiger partial charge in [0.25, 0.3) is 0 Å². The molecule has 1 unspecified atom stereocenters. The first-order chi connectivity index (χ1) is 7.97. The molecule has 0 saturated heterocycles. The molecule has 1 aliphatic carbocycles. The maximum Gasteiger partial charge on any atom is 0.328 e. The highest BCUT2D eigenvalue weighted by molar-refractivity contribution is 5.84. The lowest BCUT2D eigenvalue weighted by molar-refractivity contribution is -0.147. The van der Waals surface area contributed by atoms with Crippen molar-refractivity contribution in [3.05, 3.63) is 0 Å². The van der Waals surface area contributed by atoms with E-state index in [-0.39, 0.29) is 17.9 Å². The number of rotatable bonds is 5. The Morgan fingerprint density at radius 2 is 2.00 bits per heavy atom.